The maximum Gasteiger partial charge on any atom is 0.0672 e. The fraction of sp³-hybridized carbons (Fsp3) is 0.833. The SMILES string of the molecule is CCCNC(CC)c1c(CC)nn(CC(C)CC)c1CC. The molecule has 1 rings (SSSR count). The Hall–Kier alpha value is -0.830. The molecule has 0 amide bonds. The van der Waals surface area contributed by atoms with Crippen LogP contribution in [0, 0.1) is 5.92 Å². The highest BCUT2D eigenvalue weighted by Crippen LogP contribution is 2.27. The summed E-state index contributed by atoms with van der Waals surface area (Å²) in [4.78, 5) is 0. The second-order valence-electron chi connectivity index (χ2n) is 6.12. The molecule has 0 radical (unpaired) electrons. The number of nitrogens with zero attached hydrogens (tertiary/aromatic N) is 2. The molecule has 21 heavy (non-hydrogen) atoms. The standard InChI is InChI=1S/C18H35N3/c1-7-12-19-15(9-3)18-16(10-4)20-21(17(18)11-5)13-14(6)8-2/h14-15,19H,7-13H2,1-6H3. The quantitative estimate of drug-likeness (QED) is 0.688. The van der Waals surface area contributed by atoms with E-state index in [0.717, 1.165) is 32.4 Å². The molecule has 0 fully saturated rings. The molecular formula is C18H35N3. The summed E-state index contributed by atoms with van der Waals surface area (Å²) < 4.78 is 2.29. The van der Waals surface area contributed by atoms with E-state index < -0.39 is 0 Å². The first-order chi connectivity index (χ1) is 10.1. The van der Waals surface area contributed by atoms with Crippen LogP contribution >= 0.6 is 0 Å². The summed E-state index contributed by atoms with van der Waals surface area (Å²) in [5, 5.41) is 8.65. The average Bonchev–Trinajstić information content (AvgIpc) is 2.85. The molecule has 0 saturated carbocycles. The van der Waals surface area contributed by atoms with Crippen molar-refractivity contribution in [2.24, 2.45) is 5.92 Å². The van der Waals surface area contributed by atoms with Crippen molar-refractivity contribution in [3.8, 4) is 0 Å². The van der Waals surface area contributed by atoms with Crippen LogP contribution in [0.1, 0.15) is 83.8 Å². The Bertz CT molecular complexity index is 409. The smallest absolute Gasteiger partial charge is 0.0672 e. The third kappa shape index (κ3) is 4.57. The highest BCUT2D eigenvalue weighted by Gasteiger charge is 2.22. The second-order valence-corrected chi connectivity index (χ2v) is 6.12. The lowest BCUT2D eigenvalue weighted by molar-refractivity contribution is 0.425. The molecule has 0 bridgehead atoms. The van der Waals surface area contributed by atoms with E-state index in [9.17, 15) is 0 Å². The normalized spacial score (nSPS) is 14.4. The van der Waals surface area contributed by atoms with Crippen molar-refractivity contribution in [1.29, 1.82) is 0 Å². The first-order valence-electron chi connectivity index (χ1n) is 8.94. The van der Waals surface area contributed by atoms with Crippen molar-refractivity contribution in [3.63, 3.8) is 0 Å². The van der Waals surface area contributed by atoms with Gasteiger partial charge in [-0.25, -0.2) is 0 Å². The Labute approximate surface area is 131 Å². The third-order valence-corrected chi connectivity index (χ3v) is 4.42. The van der Waals surface area contributed by atoms with Crippen molar-refractivity contribution in [1.82, 2.24) is 15.1 Å². The van der Waals surface area contributed by atoms with Crippen LogP contribution in [0.4, 0.5) is 0 Å². The van der Waals surface area contributed by atoms with Gasteiger partial charge in [0.2, 0.25) is 0 Å². The van der Waals surface area contributed by atoms with E-state index >= 15 is 0 Å². The maximum atomic E-state index is 4.94. The molecule has 1 heterocycles. The monoisotopic (exact) mass is 293 g/mol. The van der Waals surface area contributed by atoms with Gasteiger partial charge in [0.25, 0.3) is 0 Å². The van der Waals surface area contributed by atoms with Crippen LogP contribution in [0.25, 0.3) is 0 Å². The zero-order valence-corrected chi connectivity index (χ0v) is 15.0. The van der Waals surface area contributed by atoms with Crippen molar-refractivity contribution in [3.05, 3.63) is 17.0 Å². The minimum Gasteiger partial charge on any atom is -0.310 e. The summed E-state index contributed by atoms with van der Waals surface area (Å²) in [5.74, 6) is 0.691. The van der Waals surface area contributed by atoms with Crippen molar-refractivity contribution in [2.45, 2.75) is 86.2 Å². The second kappa shape index (κ2) is 9.24. The highest BCUT2D eigenvalue weighted by atomic mass is 15.3. The van der Waals surface area contributed by atoms with E-state index in [0.29, 0.717) is 12.0 Å². The molecule has 0 saturated heterocycles. The van der Waals surface area contributed by atoms with Crippen molar-refractivity contribution >= 4 is 0 Å². The third-order valence-electron chi connectivity index (χ3n) is 4.42. The van der Waals surface area contributed by atoms with Gasteiger partial charge < -0.3 is 5.32 Å². The summed E-state index contributed by atoms with van der Waals surface area (Å²) in [7, 11) is 0. The first-order valence-corrected chi connectivity index (χ1v) is 8.94. The molecule has 0 spiro atoms. The molecule has 122 valence electrons. The molecule has 1 N–H and O–H groups in total. The first kappa shape index (κ1) is 18.2. The molecule has 0 aromatic carbocycles. The minimum atomic E-state index is 0.459. The summed E-state index contributed by atoms with van der Waals surface area (Å²) in [6.07, 6.45) is 5.63. The number of nitrogens with one attached hydrogen (secondary N) is 1. The summed E-state index contributed by atoms with van der Waals surface area (Å²) >= 11 is 0. The number of aromatic nitrogens is 2. The number of rotatable bonds is 10. The Morgan fingerprint density at radius 3 is 2.24 bits per heavy atom. The molecule has 2 atom stereocenters. The average molecular weight is 293 g/mol. The van der Waals surface area contributed by atoms with Gasteiger partial charge in [-0.15, -0.1) is 0 Å². The number of hydrogen-bond donors (Lipinski definition) is 1. The van der Waals surface area contributed by atoms with Crippen LogP contribution in [0.15, 0.2) is 0 Å². The van der Waals surface area contributed by atoms with Crippen LogP contribution in [0.3, 0.4) is 0 Å². The Kier molecular flexibility index (Phi) is 8.02. The van der Waals surface area contributed by atoms with Crippen LogP contribution in [0.5, 0.6) is 0 Å². The van der Waals surface area contributed by atoms with Gasteiger partial charge in [0, 0.05) is 23.8 Å². The molecule has 3 heteroatoms. The van der Waals surface area contributed by atoms with E-state index in [1.807, 2.05) is 0 Å². The van der Waals surface area contributed by atoms with E-state index in [4.69, 9.17) is 5.10 Å². The van der Waals surface area contributed by atoms with E-state index in [2.05, 4.69) is 51.5 Å². The number of aryl methyl sites for hydroxylation is 1. The lowest BCUT2D eigenvalue weighted by atomic mass is 9.98. The van der Waals surface area contributed by atoms with Gasteiger partial charge in [0.1, 0.15) is 0 Å². The fourth-order valence-corrected chi connectivity index (χ4v) is 2.95. The van der Waals surface area contributed by atoms with Crippen molar-refractivity contribution < 1.29 is 0 Å². The maximum absolute atomic E-state index is 4.94. The minimum absolute atomic E-state index is 0.459. The van der Waals surface area contributed by atoms with E-state index in [-0.39, 0.29) is 0 Å². The molecule has 3 nitrogen and oxygen atoms in total. The van der Waals surface area contributed by atoms with Crippen LogP contribution < -0.4 is 5.32 Å². The van der Waals surface area contributed by atoms with Crippen molar-refractivity contribution in [2.75, 3.05) is 6.54 Å². The van der Waals surface area contributed by atoms with E-state index in [1.165, 1.54) is 29.8 Å². The van der Waals surface area contributed by atoms with Gasteiger partial charge in [0.05, 0.1) is 5.69 Å². The number of hydrogen-bond acceptors (Lipinski definition) is 2. The van der Waals surface area contributed by atoms with Crippen LogP contribution in [-0.4, -0.2) is 16.3 Å². The lowest BCUT2D eigenvalue weighted by Gasteiger charge is -2.19. The van der Waals surface area contributed by atoms with Gasteiger partial charge >= 0.3 is 0 Å². The Balaban J connectivity index is 3.14. The lowest BCUT2D eigenvalue weighted by Crippen LogP contribution is -2.23. The molecule has 0 aliphatic heterocycles. The van der Waals surface area contributed by atoms with Gasteiger partial charge in [-0.1, -0.05) is 48.0 Å². The van der Waals surface area contributed by atoms with Gasteiger partial charge in [0.15, 0.2) is 0 Å². The predicted octanol–water partition coefficient (Wildman–Crippen LogP) is 4.50. The highest BCUT2D eigenvalue weighted by molar-refractivity contribution is 5.30. The largest absolute Gasteiger partial charge is 0.310 e. The Morgan fingerprint density at radius 2 is 1.76 bits per heavy atom. The topological polar surface area (TPSA) is 29.9 Å². The van der Waals surface area contributed by atoms with Gasteiger partial charge in [-0.2, -0.15) is 5.10 Å². The molecule has 2 unspecified atom stereocenters. The zero-order chi connectivity index (χ0) is 15.8. The Morgan fingerprint density at radius 1 is 1.05 bits per heavy atom. The molecular weight excluding hydrogens is 258 g/mol. The van der Waals surface area contributed by atoms with Crippen LogP contribution in [0.2, 0.25) is 0 Å². The fourth-order valence-electron chi connectivity index (χ4n) is 2.95. The summed E-state index contributed by atoms with van der Waals surface area (Å²) in [6, 6.07) is 0.459. The molecule has 1 aromatic rings. The zero-order valence-electron chi connectivity index (χ0n) is 15.0. The predicted molar refractivity (Wildman–Crippen MR) is 91.8 cm³/mol. The molecule has 0 aliphatic rings. The summed E-state index contributed by atoms with van der Waals surface area (Å²) in [5.41, 5.74) is 4.23. The molecule has 1 aromatic heterocycles. The van der Waals surface area contributed by atoms with Gasteiger partial charge in [-0.3, -0.25) is 4.68 Å². The van der Waals surface area contributed by atoms with Crippen LogP contribution in [-0.2, 0) is 19.4 Å². The molecule has 0 aliphatic carbocycles. The van der Waals surface area contributed by atoms with E-state index in [1.54, 1.807) is 0 Å². The summed E-state index contributed by atoms with van der Waals surface area (Å²) in [6.45, 7) is 15.7. The van der Waals surface area contributed by atoms with Gasteiger partial charge in [-0.05, 0) is 38.1 Å².